The first-order chi connectivity index (χ1) is 15.4. The van der Waals surface area contributed by atoms with Crippen LogP contribution in [-0.4, -0.2) is 44.3 Å². The Morgan fingerprint density at radius 2 is 1.88 bits per heavy atom. The molecule has 3 aromatic rings. The molecule has 2 aromatic carbocycles. The van der Waals surface area contributed by atoms with Crippen LogP contribution in [0.25, 0.3) is 11.0 Å². The molecule has 2 atom stereocenters. The molecule has 32 heavy (non-hydrogen) atoms. The second-order valence-electron chi connectivity index (χ2n) is 8.64. The maximum atomic E-state index is 13.6. The highest BCUT2D eigenvalue weighted by molar-refractivity contribution is 7.98. The highest BCUT2D eigenvalue weighted by Crippen LogP contribution is 2.28. The van der Waals surface area contributed by atoms with Crippen molar-refractivity contribution < 1.29 is 9.59 Å². The van der Waals surface area contributed by atoms with Crippen LogP contribution in [0.2, 0.25) is 0 Å². The lowest BCUT2D eigenvalue weighted by Gasteiger charge is -2.31. The number of nitrogens with one attached hydrogen (secondary N) is 1. The molecule has 1 aromatic heterocycles. The Balaban J connectivity index is 1.61. The molecule has 0 radical (unpaired) electrons. The van der Waals surface area contributed by atoms with Gasteiger partial charge in [0.15, 0.2) is 0 Å². The standard InChI is InChI=1S/C25H30N4O2S/c1-16(2)22(29-15-17-9-5-6-10-18(17)25(29)31)24(30)27-20(13-14-32-4)23-26-19-11-7-8-12-21(19)28(23)3/h5-12,16,20,22H,13-15H2,1-4H3,(H,27,30)/t20-,22+/m1/s1. The van der Waals surface area contributed by atoms with E-state index in [1.807, 2.05) is 69.4 Å². The van der Waals surface area contributed by atoms with Crippen molar-refractivity contribution in [3.05, 3.63) is 65.5 Å². The quantitative estimate of drug-likeness (QED) is 0.560. The number of nitrogens with zero attached hydrogens (tertiary/aromatic N) is 3. The van der Waals surface area contributed by atoms with Crippen LogP contribution in [0.5, 0.6) is 0 Å². The van der Waals surface area contributed by atoms with E-state index >= 15 is 0 Å². The van der Waals surface area contributed by atoms with Gasteiger partial charge in [0.05, 0.1) is 17.1 Å². The van der Waals surface area contributed by atoms with Gasteiger partial charge in [-0.2, -0.15) is 11.8 Å². The number of amides is 2. The third-order valence-electron chi connectivity index (χ3n) is 6.15. The molecule has 4 rings (SSSR count). The van der Waals surface area contributed by atoms with Crippen molar-refractivity contribution in [3.8, 4) is 0 Å². The summed E-state index contributed by atoms with van der Waals surface area (Å²) in [5.74, 6) is 1.52. The van der Waals surface area contributed by atoms with Crippen LogP contribution < -0.4 is 5.32 Å². The highest BCUT2D eigenvalue weighted by Gasteiger charge is 2.38. The average Bonchev–Trinajstić information content (AvgIpc) is 3.29. The zero-order valence-electron chi connectivity index (χ0n) is 19.0. The molecule has 1 N–H and O–H groups in total. The van der Waals surface area contributed by atoms with Crippen molar-refractivity contribution in [3.63, 3.8) is 0 Å². The van der Waals surface area contributed by atoms with Crippen LogP contribution in [0, 0.1) is 5.92 Å². The van der Waals surface area contributed by atoms with Crippen molar-refractivity contribution in [1.29, 1.82) is 0 Å². The molecule has 1 aliphatic rings. The summed E-state index contributed by atoms with van der Waals surface area (Å²) in [5, 5.41) is 3.25. The van der Waals surface area contributed by atoms with Crippen molar-refractivity contribution in [2.75, 3.05) is 12.0 Å². The van der Waals surface area contributed by atoms with E-state index in [0.717, 1.165) is 34.6 Å². The first-order valence-electron chi connectivity index (χ1n) is 11.0. The van der Waals surface area contributed by atoms with Gasteiger partial charge in [0.1, 0.15) is 11.9 Å². The van der Waals surface area contributed by atoms with Crippen molar-refractivity contribution in [2.24, 2.45) is 13.0 Å². The molecule has 6 nitrogen and oxygen atoms in total. The Bertz CT molecular complexity index is 1140. The predicted octanol–water partition coefficient (Wildman–Crippen LogP) is 4.16. The fourth-order valence-electron chi connectivity index (χ4n) is 4.54. The van der Waals surface area contributed by atoms with Crippen LogP contribution in [-0.2, 0) is 18.4 Å². The summed E-state index contributed by atoms with van der Waals surface area (Å²) in [5.41, 5.74) is 3.63. The molecule has 0 saturated heterocycles. The number of carbonyl (C=O) groups excluding carboxylic acids is 2. The summed E-state index contributed by atoms with van der Waals surface area (Å²) in [4.78, 5) is 33.2. The molecule has 1 aliphatic heterocycles. The van der Waals surface area contributed by atoms with E-state index < -0.39 is 6.04 Å². The van der Waals surface area contributed by atoms with Gasteiger partial charge in [-0.3, -0.25) is 9.59 Å². The number of imidazole rings is 1. The number of aryl methyl sites for hydroxylation is 1. The van der Waals surface area contributed by atoms with E-state index in [1.165, 1.54) is 0 Å². The second-order valence-corrected chi connectivity index (χ2v) is 9.63. The van der Waals surface area contributed by atoms with Crippen LogP contribution in [0.3, 0.4) is 0 Å². The van der Waals surface area contributed by atoms with Gasteiger partial charge in [0.2, 0.25) is 5.91 Å². The lowest BCUT2D eigenvalue weighted by Crippen LogP contribution is -2.51. The lowest BCUT2D eigenvalue weighted by atomic mass is 10.0. The SMILES string of the molecule is CSCC[C@@H](NC(=O)[C@H](C(C)C)N1Cc2ccccc2C1=O)c1nc2ccccc2n1C. The number of para-hydroxylation sites is 2. The predicted molar refractivity (Wildman–Crippen MR) is 130 cm³/mol. The van der Waals surface area contributed by atoms with Gasteiger partial charge in [0.25, 0.3) is 5.91 Å². The molecule has 0 fully saturated rings. The van der Waals surface area contributed by atoms with Gasteiger partial charge in [-0.05, 0) is 48.1 Å². The monoisotopic (exact) mass is 450 g/mol. The number of thioether (sulfide) groups is 1. The van der Waals surface area contributed by atoms with Gasteiger partial charge in [-0.1, -0.05) is 44.2 Å². The van der Waals surface area contributed by atoms with Crippen LogP contribution in [0.4, 0.5) is 0 Å². The van der Waals surface area contributed by atoms with Gasteiger partial charge in [-0.15, -0.1) is 0 Å². The Hall–Kier alpha value is -2.80. The van der Waals surface area contributed by atoms with Crippen molar-refractivity contribution in [2.45, 2.75) is 38.9 Å². The minimum Gasteiger partial charge on any atom is -0.344 e. The molecule has 2 amide bonds. The Labute approximate surface area is 193 Å². The number of rotatable bonds is 8. The number of benzene rings is 2. The van der Waals surface area contributed by atoms with Gasteiger partial charge in [0, 0.05) is 19.2 Å². The molecular weight excluding hydrogens is 420 g/mol. The Kier molecular flexibility index (Phi) is 6.55. The van der Waals surface area contributed by atoms with E-state index in [-0.39, 0.29) is 23.8 Å². The van der Waals surface area contributed by atoms with Crippen molar-refractivity contribution in [1.82, 2.24) is 19.8 Å². The first kappa shape index (κ1) is 22.4. The van der Waals surface area contributed by atoms with Crippen molar-refractivity contribution >= 4 is 34.6 Å². The summed E-state index contributed by atoms with van der Waals surface area (Å²) in [6.45, 7) is 4.45. The van der Waals surface area contributed by atoms with E-state index in [1.54, 1.807) is 16.7 Å². The molecule has 0 unspecified atom stereocenters. The zero-order chi connectivity index (χ0) is 22.8. The number of aromatic nitrogens is 2. The maximum Gasteiger partial charge on any atom is 0.255 e. The minimum atomic E-state index is -0.540. The van der Waals surface area contributed by atoms with Gasteiger partial charge < -0.3 is 14.8 Å². The van der Waals surface area contributed by atoms with E-state index in [9.17, 15) is 9.59 Å². The van der Waals surface area contributed by atoms with Gasteiger partial charge >= 0.3 is 0 Å². The van der Waals surface area contributed by atoms with E-state index in [2.05, 4.69) is 16.1 Å². The smallest absolute Gasteiger partial charge is 0.255 e. The highest BCUT2D eigenvalue weighted by atomic mass is 32.2. The third-order valence-corrected chi connectivity index (χ3v) is 6.79. The fraction of sp³-hybridized carbons (Fsp3) is 0.400. The summed E-state index contributed by atoms with van der Waals surface area (Å²) in [6, 6.07) is 14.8. The van der Waals surface area contributed by atoms with Crippen LogP contribution in [0.1, 0.15) is 48.1 Å². The van der Waals surface area contributed by atoms with Gasteiger partial charge in [-0.25, -0.2) is 4.98 Å². The fourth-order valence-corrected chi connectivity index (χ4v) is 5.01. The number of hydrogen-bond donors (Lipinski definition) is 1. The number of fused-ring (bicyclic) bond motifs is 2. The maximum absolute atomic E-state index is 13.6. The third kappa shape index (κ3) is 4.13. The average molecular weight is 451 g/mol. The Morgan fingerprint density at radius 1 is 1.16 bits per heavy atom. The Morgan fingerprint density at radius 3 is 2.56 bits per heavy atom. The molecule has 0 bridgehead atoms. The molecular formula is C25H30N4O2S. The second kappa shape index (κ2) is 9.36. The summed E-state index contributed by atoms with van der Waals surface area (Å²) in [6.07, 6.45) is 2.83. The molecule has 0 aliphatic carbocycles. The molecule has 168 valence electrons. The summed E-state index contributed by atoms with van der Waals surface area (Å²) >= 11 is 1.74. The molecule has 0 spiro atoms. The summed E-state index contributed by atoms with van der Waals surface area (Å²) in [7, 11) is 1.99. The van der Waals surface area contributed by atoms with E-state index in [4.69, 9.17) is 4.98 Å². The largest absolute Gasteiger partial charge is 0.344 e. The minimum absolute atomic E-state index is 0.0186. The topological polar surface area (TPSA) is 67.2 Å². The lowest BCUT2D eigenvalue weighted by molar-refractivity contribution is -0.128. The number of carbonyl (C=O) groups is 2. The van der Waals surface area contributed by atoms with Crippen LogP contribution >= 0.6 is 11.8 Å². The molecule has 7 heteroatoms. The number of hydrogen-bond acceptors (Lipinski definition) is 4. The summed E-state index contributed by atoms with van der Waals surface area (Å²) < 4.78 is 2.06. The zero-order valence-corrected chi connectivity index (χ0v) is 19.9. The molecule has 2 heterocycles. The first-order valence-corrected chi connectivity index (χ1v) is 12.4. The molecule has 0 saturated carbocycles. The van der Waals surface area contributed by atoms with E-state index in [0.29, 0.717) is 12.1 Å². The normalized spacial score (nSPS) is 15.3. The van der Waals surface area contributed by atoms with Crippen LogP contribution in [0.15, 0.2) is 48.5 Å².